The van der Waals surface area contributed by atoms with Crippen LogP contribution in [-0.2, 0) is 9.59 Å². The molecule has 0 aromatic rings. The maximum absolute atomic E-state index is 11.0. The Labute approximate surface area is 76.8 Å². The van der Waals surface area contributed by atoms with Crippen LogP contribution in [0.5, 0.6) is 0 Å². The third-order valence-corrected chi connectivity index (χ3v) is 1.37. The SMILES string of the molecule is C=CCC(NC(=O)CNC)C(=O)O. The highest BCUT2D eigenvalue weighted by Crippen LogP contribution is 1.92. The van der Waals surface area contributed by atoms with Crippen molar-refractivity contribution in [2.75, 3.05) is 13.6 Å². The zero-order chi connectivity index (χ0) is 10.3. The van der Waals surface area contributed by atoms with Crippen LogP contribution in [0.4, 0.5) is 0 Å². The van der Waals surface area contributed by atoms with Crippen molar-refractivity contribution in [3.8, 4) is 0 Å². The van der Waals surface area contributed by atoms with Crippen molar-refractivity contribution < 1.29 is 14.7 Å². The van der Waals surface area contributed by atoms with E-state index in [2.05, 4.69) is 17.2 Å². The second kappa shape index (κ2) is 6.19. The van der Waals surface area contributed by atoms with Crippen LogP contribution in [0.1, 0.15) is 6.42 Å². The predicted octanol–water partition coefficient (Wildman–Crippen LogP) is -0.649. The molecule has 0 aromatic heterocycles. The van der Waals surface area contributed by atoms with Crippen LogP contribution in [0.25, 0.3) is 0 Å². The molecule has 0 rings (SSSR count). The maximum Gasteiger partial charge on any atom is 0.326 e. The lowest BCUT2D eigenvalue weighted by atomic mass is 10.2. The van der Waals surface area contributed by atoms with Crippen LogP contribution >= 0.6 is 0 Å². The molecule has 0 fully saturated rings. The molecular weight excluding hydrogens is 172 g/mol. The Morgan fingerprint density at radius 2 is 2.23 bits per heavy atom. The van der Waals surface area contributed by atoms with Crippen LogP contribution < -0.4 is 10.6 Å². The van der Waals surface area contributed by atoms with Gasteiger partial charge in [-0.1, -0.05) is 6.08 Å². The number of nitrogens with one attached hydrogen (secondary N) is 2. The van der Waals surface area contributed by atoms with Crippen molar-refractivity contribution in [3.05, 3.63) is 12.7 Å². The Bertz CT molecular complexity index is 204. The van der Waals surface area contributed by atoms with Crippen molar-refractivity contribution in [2.24, 2.45) is 0 Å². The van der Waals surface area contributed by atoms with Crippen LogP contribution in [0, 0.1) is 0 Å². The van der Waals surface area contributed by atoms with E-state index in [1.54, 1.807) is 7.05 Å². The molecule has 0 bridgehead atoms. The number of carbonyl (C=O) groups excluding carboxylic acids is 1. The van der Waals surface area contributed by atoms with Gasteiger partial charge in [-0.2, -0.15) is 0 Å². The van der Waals surface area contributed by atoms with Crippen LogP contribution in [0.15, 0.2) is 12.7 Å². The summed E-state index contributed by atoms with van der Waals surface area (Å²) in [7, 11) is 1.61. The molecular formula is C8H14N2O3. The fourth-order valence-electron chi connectivity index (χ4n) is 0.794. The molecule has 0 saturated heterocycles. The average Bonchev–Trinajstić information content (AvgIpc) is 2.04. The number of carbonyl (C=O) groups is 2. The summed E-state index contributed by atoms with van der Waals surface area (Å²) < 4.78 is 0. The molecule has 0 radical (unpaired) electrons. The lowest BCUT2D eigenvalue weighted by Gasteiger charge is -2.11. The summed E-state index contributed by atoms with van der Waals surface area (Å²) >= 11 is 0. The first-order valence-corrected chi connectivity index (χ1v) is 3.89. The number of amides is 1. The van der Waals surface area contributed by atoms with Gasteiger partial charge in [0, 0.05) is 0 Å². The lowest BCUT2D eigenvalue weighted by molar-refractivity contribution is -0.141. The van der Waals surface area contributed by atoms with E-state index in [-0.39, 0.29) is 18.9 Å². The quantitative estimate of drug-likeness (QED) is 0.482. The first-order valence-electron chi connectivity index (χ1n) is 3.89. The first-order chi connectivity index (χ1) is 6.11. The molecule has 5 heteroatoms. The predicted molar refractivity (Wildman–Crippen MR) is 48.3 cm³/mol. The van der Waals surface area contributed by atoms with Gasteiger partial charge in [0.25, 0.3) is 0 Å². The molecule has 0 heterocycles. The minimum absolute atomic E-state index is 0.112. The zero-order valence-electron chi connectivity index (χ0n) is 7.54. The summed E-state index contributed by atoms with van der Waals surface area (Å²) in [5, 5.41) is 13.6. The molecule has 0 spiro atoms. The topological polar surface area (TPSA) is 78.4 Å². The number of aliphatic carboxylic acids is 1. The molecule has 0 aliphatic carbocycles. The highest BCUT2D eigenvalue weighted by Gasteiger charge is 2.17. The van der Waals surface area contributed by atoms with Gasteiger partial charge in [0.2, 0.25) is 5.91 Å². The van der Waals surface area contributed by atoms with E-state index in [1.165, 1.54) is 6.08 Å². The van der Waals surface area contributed by atoms with E-state index < -0.39 is 12.0 Å². The number of rotatable bonds is 6. The largest absolute Gasteiger partial charge is 0.480 e. The average molecular weight is 186 g/mol. The molecule has 1 atom stereocenters. The maximum atomic E-state index is 11.0. The standard InChI is InChI=1S/C8H14N2O3/c1-3-4-6(8(12)13)10-7(11)5-9-2/h3,6,9H,1,4-5H2,2H3,(H,10,11)(H,12,13). The fourth-order valence-corrected chi connectivity index (χ4v) is 0.794. The number of carboxylic acid groups (broad SMARTS) is 1. The molecule has 1 amide bonds. The number of hydrogen-bond acceptors (Lipinski definition) is 3. The van der Waals surface area contributed by atoms with E-state index >= 15 is 0 Å². The van der Waals surface area contributed by atoms with Gasteiger partial charge in [-0.15, -0.1) is 6.58 Å². The van der Waals surface area contributed by atoms with E-state index in [0.717, 1.165) is 0 Å². The summed E-state index contributed by atoms with van der Waals surface area (Å²) in [6.07, 6.45) is 1.68. The minimum Gasteiger partial charge on any atom is -0.480 e. The van der Waals surface area contributed by atoms with E-state index in [0.29, 0.717) is 0 Å². The van der Waals surface area contributed by atoms with Gasteiger partial charge in [0.1, 0.15) is 6.04 Å². The number of likely N-dealkylation sites (N-methyl/N-ethyl adjacent to an activating group) is 1. The molecule has 0 aromatic carbocycles. The monoisotopic (exact) mass is 186 g/mol. The van der Waals surface area contributed by atoms with Crippen LogP contribution in [0.2, 0.25) is 0 Å². The molecule has 74 valence electrons. The van der Waals surface area contributed by atoms with Gasteiger partial charge in [0.05, 0.1) is 6.54 Å². The Kier molecular flexibility index (Phi) is 5.54. The van der Waals surface area contributed by atoms with Gasteiger partial charge in [-0.05, 0) is 13.5 Å². The van der Waals surface area contributed by atoms with E-state index in [9.17, 15) is 9.59 Å². The van der Waals surface area contributed by atoms with Crippen LogP contribution in [-0.4, -0.2) is 36.6 Å². The number of hydrogen-bond donors (Lipinski definition) is 3. The lowest BCUT2D eigenvalue weighted by Crippen LogP contribution is -2.43. The second-order valence-electron chi connectivity index (χ2n) is 2.51. The minimum atomic E-state index is -1.05. The highest BCUT2D eigenvalue weighted by molar-refractivity contribution is 5.84. The smallest absolute Gasteiger partial charge is 0.326 e. The fraction of sp³-hybridized carbons (Fsp3) is 0.500. The van der Waals surface area contributed by atoms with Crippen molar-refractivity contribution in [3.63, 3.8) is 0 Å². The van der Waals surface area contributed by atoms with E-state index in [1.807, 2.05) is 0 Å². The van der Waals surface area contributed by atoms with E-state index in [4.69, 9.17) is 5.11 Å². The number of carboxylic acids is 1. The Hall–Kier alpha value is -1.36. The molecule has 3 N–H and O–H groups in total. The van der Waals surface area contributed by atoms with Crippen molar-refractivity contribution in [1.82, 2.24) is 10.6 Å². The molecule has 1 unspecified atom stereocenters. The molecule has 13 heavy (non-hydrogen) atoms. The summed E-state index contributed by atoms with van der Waals surface area (Å²) in [5.74, 6) is -1.39. The highest BCUT2D eigenvalue weighted by atomic mass is 16.4. The Morgan fingerprint density at radius 1 is 1.62 bits per heavy atom. The van der Waals surface area contributed by atoms with Crippen molar-refractivity contribution in [1.29, 1.82) is 0 Å². The summed E-state index contributed by atoms with van der Waals surface area (Å²) in [6, 6.07) is -0.877. The summed E-state index contributed by atoms with van der Waals surface area (Å²) in [4.78, 5) is 21.5. The zero-order valence-corrected chi connectivity index (χ0v) is 7.54. The van der Waals surface area contributed by atoms with Gasteiger partial charge >= 0.3 is 5.97 Å². The Balaban J connectivity index is 4.01. The van der Waals surface area contributed by atoms with Gasteiger partial charge in [-0.3, -0.25) is 4.79 Å². The molecule has 0 aliphatic rings. The molecule has 5 nitrogen and oxygen atoms in total. The summed E-state index contributed by atoms with van der Waals surface area (Å²) in [5.41, 5.74) is 0. The van der Waals surface area contributed by atoms with Gasteiger partial charge in [0.15, 0.2) is 0 Å². The third-order valence-electron chi connectivity index (χ3n) is 1.37. The van der Waals surface area contributed by atoms with Crippen molar-refractivity contribution in [2.45, 2.75) is 12.5 Å². The van der Waals surface area contributed by atoms with Crippen molar-refractivity contribution >= 4 is 11.9 Å². The summed E-state index contributed by atoms with van der Waals surface area (Å²) in [6.45, 7) is 3.52. The third kappa shape index (κ3) is 4.97. The molecule has 0 saturated carbocycles. The van der Waals surface area contributed by atoms with Crippen LogP contribution in [0.3, 0.4) is 0 Å². The Morgan fingerprint density at radius 3 is 2.62 bits per heavy atom. The normalized spacial score (nSPS) is 11.8. The van der Waals surface area contributed by atoms with Gasteiger partial charge < -0.3 is 15.7 Å². The second-order valence-corrected chi connectivity index (χ2v) is 2.51. The molecule has 0 aliphatic heterocycles. The van der Waals surface area contributed by atoms with Gasteiger partial charge in [-0.25, -0.2) is 4.79 Å². The first kappa shape index (κ1) is 11.6.